The molecule has 4 atom stereocenters. The number of nitrogens with one attached hydrogen (secondary N) is 1. The fourth-order valence-electron chi connectivity index (χ4n) is 5.42. The second-order valence-electron chi connectivity index (χ2n) is 9.52. The number of fused-ring (bicyclic) bond motifs is 3. The van der Waals surface area contributed by atoms with E-state index in [1.165, 1.54) is 0 Å². The quantitative estimate of drug-likeness (QED) is 0.485. The van der Waals surface area contributed by atoms with Crippen molar-refractivity contribution in [1.29, 1.82) is 0 Å². The standard InChI is InChI=1S/C26H35N5O3S/c1-3-17(4-2)22-12-23(30-26(29-22)18-5-8-27-9-6-18)21-14-31-10-7-19(21)11-20(31)13-28-24(32)15-35-16-25(33)34/h5-6,8-9,12,17,19-21H,3-4,7,10-11,13-16H2,1-2H3,(H,28,32)(H,33,34)/t19-,20+,21+/m0/s1. The Balaban J connectivity index is 1.47. The zero-order valence-corrected chi connectivity index (χ0v) is 21.3. The van der Waals surface area contributed by atoms with Gasteiger partial charge in [-0.15, -0.1) is 11.8 Å². The fourth-order valence-corrected chi connectivity index (χ4v) is 5.99. The van der Waals surface area contributed by atoms with Gasteiger partial charge in [0.05, 0.1) is 11.5 Å². The third kappa shape index (κ3) is 6.38. The number of carbonyl (C=O) groups excluding carboxylic acids is 1. The molecule has 1 amide bonds. The molecule has 2 bridgehead atoms. The molecule has 3 aliphatic rings. The Hall–Kier alpha value is -2.52. The summed E-state index contributed by atoms with van der Waals surface area (Å²) in [4.78, 5) is 39.4. The largest absolute Gasteiger partial charge is 0.481 e. The molecule has 2 aromatic heterocycles. The first kappa shape index (κ1) is 25.6. The van der Waals surface area contributed by atoms with Crippen LogP contribution in [-0.4, -0.2) is 74.0 Å². The van der Waals surface area contributed by atoms with E-state index in [1.54, 1.807) is 12.4 Å². The van der Waals surface area contributed by atoms with Crippen LogP contribution in [0.5, 0.6) is 0 Å². The van der Waals surface area contributed by atoms with Crippen LogP contribution in [0.4, 0.5) is 0 Å². The van der Waals surface area contributed by atoms with Crippen molar-refractivity contribution >= 4 is 23.6 Å². The van der Waals surface area contributed by atoms with Crippen molar-refractivity contribution in [3.63, 3.8) is 0 Å². The number of aromatic nitrogens is 3. The number of hydrogen-bond acceptors (Lipinski definition) is 7. The lowest BCUT2D eigenvalue weighted by molar-refractivity contribution is -0.133. The molecular formula is C26H35N5O3S. The molecule has 9 heteroatoms. The zero-order valence-electron chi connectivity index (χ0n) is 20.5. The minimum absolute atomic E-state index is 0.0496. The number of carbonyl (C=O) groups is 2. The van der Waals surface area contributed by atoms with Gasteiger partial charge in [0.25, 0.3) is 0 Å². The first-order valence-electron chi connectivity index (χ1n) is 12.6. The average molecular weight is 498 g/mol. The summed E-state index contributed by atoms with van der Waals surface area (Å²) in [7, 11) is 0. The average Bonchev–Trinajstić information content (AvgIpc) is 2.88. The van der Waals surface area contributed by atoms with Gasteiger partial charge in [0.1, 0.15) is 0 Å². The molecule has 0 spiro atoms. The molecule has 5 heterocycles. The third-order valence-corrected chi connectivity index (χ3v) is 8.28. The summed E-state index contributed by atoms with van der Waals surface area (Å²) in [5.41, 5.74) is 3.26. The Morgan fingerprint density at radius 1 is 1.20 bits per heavy atom. The number of aliphatic carboxylic acids is 1. The Labute approximate surface area is 211 Å². The summed E-state index contributed by atoms with van der Waals surface area (Å²) in [6.45, 7) is 7.02. The number of carboxylic acid groups (broad SMARTS) is 1. The number of amides is 1. The summed E-state index contributed by atoms with van der Waals surface area (Å²) in [6.07, 6.45) is 7.84. The number of nitrogens with zero attached hydrogens (tertiary/aromatic N) is 4. The molecule has 2 N–H and O–H groups in total. The smallest absolute Gasteiger partial charge is 0.313 e. The molecule has 8 nitrogen and oxygen atoms in total. The van der Waals surface area contributed by atoms with Gasteiger partial charge in [0, 0.05) is 60.3 Å². The van der Waals surface area contributed by atoms with Gasteiger partial charge in [-0.05, 0) is 56.3 Å². The van der Waals surface area contributed by atoms with Crippen LogP contribution in [-0.2, 0) is 9.59 Å². The number of thioether (sulfide) groups is 1. The maximum absolute atomic E-state index is 12.1. The Bertz CT molecular complexity index is 1020. The summed E-state index contributed by atoms with van der Waals surface area (Å²) in [5.74, 6) is 1.23. The van der Waals surface area contributed by atoms with Crippen molar-refractivity contribution < 1.29 is 14.7 Å². The summed E-state index contributed by atoms with van der Waals surface area (Å²) in [6, 6.07) is 6.50. The van der Waals surface area contributed by atoms with Crippen molar-refractivity contribution in [3.8, 4) is 11.4 Å². The first-order chi connectivity index (χ1) is 17.0. The van der Waals surface area contributed by atoms with E-state index < -0.39 is 5.97 Å². The van der Waals surface area contributed by atoms with E-state index >= 15 is 0 Å². The van der Waals surface area contributed by atoms with Crippen LogP contribution in [0.15, 0.2) is 30.6 Å². The minimum Gasteiger partial charge on any atom is -0.481 e. The van der Waals surface area contributed by atoms with Crippen molar-refractivity contribution in [2.24, 2.45) is 5.92 Å². The second-order valence-corrected chi connectivity index (χ2v) is 10.5. The summed E-state index contributed by atoms with van der Waals surface area (Å²) in [5, 5.41) is 11.7. The second kappa shape index (κ2) is 11.9. The number of pyridine rings is 1. The normalized spacial score (nSPS) is 23.4. The molecule has 0 radical (unpaired) electrons. The third-order valence-electron chi connectivity index (χ3n) is 7.36. The van der Waals surface area contributed by atoms with E-state index in [2.05, 4.69) is 35.1 Å². The molecule has 3 saturated heterocycles. The highest BCUT2D eigenvalue weighted by Crippen LogP contribution is 2.42. The maximum atomic E-state index is 12.1. The summed E-state index contributed by atoms with van der Waals surface area (Å²) >= 11 is 1.13. The molecule has 3 fully saturated rings. The highest BCUT2D eigenvalue weighted by Gasteiger charge is 2.41. The van der Waals surface area contributed by atoms with Gasteiger partial charge in [0.2, 0.25) is 5.91 Å². The van der Waals surface area contributed by atoms with E-state index in [4.69, 9.17) is 15.1 Å². The van der Waals surface area contributed by atoms with Gasteiger partial charge in [-0.1, -0.05) is 13.8 Å². The minimum atomic E-state index is -0.895. The van der Waals surface area contributed by atoms with Gasteiger partial charge in [-0.3, -0.25) is 19.5 Å². The number of carboxylic acids is 1. The van der Waals surface area contributed by atoms with Gasteiger partial charge in [-0.25, -0.2) is 9.97 Å². The lowest BCUT2D eigenvalue weighted by Crippen LogP contribution is -2.56. The van der Waals surface area contributed by atoms with Crippen LogP contribution in [0.25, 0.3) is 11.4 Å². The predicted molar refractivity (Wildman–Crippen MR) is 137 cm³/mol. The van der Waals surface area contributed by atoms with Crippen molar-refractivity contribution in [2.75, 3.05) is 31.1 Å². The topological polar surface area (TPSA) is 108 Å². The zero-order chi connectivity index (χ0) is 24.8. The van der Waals surface area contributed by atoms with Gasteiger partial charge >= 0.3 is 5.97 Å². The van der Waals surface area contributed by atoms with E-state index in [-0.39, 0.29) is 17.4 Å². The van der Waals surface area contributed by atoms with Crippen LogP contribution in [0.3, 0.4) is 0 Å². The Morgan fingerprint density at radius 3 is 2.63 bits per heavy atom. The van der Waals surface area contributed by atoms with E-state index in [0.717, 1.165) is 73.3 Å². The number of hydrogen-bond donors (Lipinski definition) is 2. The lowest BCUT2D eigenvalue weighted by atomic mass is 9.74. The van der Waals surface area contributed by atoms with Crippen LogP contribution in [0, 0.1) is 5.92 Å². The van der Waals surface area contributed by atoms with E-state index in [9.17, 15) is 9.59 Å². The van der Waals surface area contributed by atoms with E-state index in [0.29, 0.717) is 30.3 Å². The van der Waals surface area contributed by atoms with Crippen molar-refractivity contribution in [2.45, 2.75) is 57.4 Å². The SMILES string of the molecule is CCC(CC)c1cc([C@@H]2CN3CC[C@H]2C[C@@H]3CNC(=O)CSCC(=O)O)nc(-c2ccncc2)n1. The molecular weight excluding hydrogens is 462 g/mol. The van der Waals surface area contributed by atoms with Gasteiger partial charge < -0.3 is 10.4 Å². The summed E-state index contributed by atoms with van der Waals surface area (Å²) < 4.78 is 0. The Morgan fingerprint density at radius 2 is 1.97 bits per heavy atom. The molecule has 2 aromatic rings. The molecule has 0 aromatic carbocycles. The van der Waals surface area contributed by atoms with E-state index in [1.807, 2.05) is 12.1 Å². The number of rotatable bonds is 11. The van der Waals surface area contributed by atoms with Crippen molar-refractivity contribution in [1.82, 2.24) is 25.2 Å². The highest BCUT2D eigenvalue weighted by atomic mass is 32.2. The van der Waals surface area contributed by atoms with Crippen LogP contribution < -0.4 is 5.32 Å². The number of piperidine rings is 3. The van der Waals surface area contributed by atoms with Gasteiger partial charge in [-0.2, -0.15) is 0 Å². The predicted octanol–water partition coefficient (Wildman–Crippen LogP) is 3.55. The molecule has 35 heavy (non-hydrogen) atoms. The molecule has 0 aliphatic carbocycles. The van der Waals surface area contributed by atoms with Crippen LogP contribution in [0.2, 0.25) is 0 Å². The van der Waals surface area contributed by atoms with Crippen molar-refractivity contribution in [3.05, 3.63) is 42.0 Å². The molecule has 5 rings (SSSR count). The fraction of sp³-hybridized carbons (Fsp3) is 0.577. The maximum Gasteiger partial charge on any atom is 0.313 e. The monoisotopic (exact) mass is 497 g/mol. The van der Waals surface area contributed by atoms with Crippen LogP contribution >= 0.6 is 11.8 Å². The van der Waals surface area contributed by atoms with Crippen LogP contribution in [0.1, 0.15) is 62.8 Å². The first-order valence-corrected chi connectivity index (χ1v) is 13.7. The highest BCUT2D eigenvalue weighted by molar-refractivity contribution is 8.00. The Kier molecular flexibility index (Phi) is 8.73. The molecule has 3 aliphatic heterocycles. The van der Waals surface area contributed by atoms with Gasteiger partial charge in [0.15, 0.2) is 5.82 Å². The molecule has 0 saturated carbocycles. The molecule has 1 unspecified atom stereocenters. The lowest BCUT2D eigenvalue weighted by Gasteiger charge is -2.49. The molecule has 188 valence electrons.